The minimum absolute atomic E-state index is 0.0601. The molecule has 0 saturated carbocycles. The lowest BCUT2D eigenvalue weighted by atomic mass is 10.2. The average Bonchev–Trinajstić information content (AvgIpc) is 2.91. The van der Waals surface area contributed by atoms with Crippen LogP contribution in [0.15, 0.2) is 34.5 Å². The van der Waals surface area contributed by atoms with E-state index in [0.29, 0.717) is 5.56 Å². The Hall–Kier alpha value is -1.31. The van der Waals surface area contributed by atoms with Crippen molar-refractivity contribution >= 4 is 33.2 Å². The summed E-state index contributed by atoms with van der Waals surface area (Å²) < 4.78 is 0.832. The summed E-state index contributed by atoms with van der Waals surface area (Å²) in [5.74, 6) is 0.0601. The maximum absolute atomic E-state index is 12.6. The number of rotatable bonds is 3. The van der Waals surface area contributed by atoms with Crippen molar-refractivity contribution < 1.29 is 4.79 Å². The summed E-state index contributed by atoms with van der Waals surface area (Å²) in [6.07, 6.45) is 6.15. The highest BCUT2D eigenvalue weighted by Gasteiger charge is 2.21. The highest BCUT2D eigenvalue weighted by molar-refractivity contribution is 9.10. The summed E-state index contributed by atoms with van der Waals surface area (Å²) in [6.45, 7) is 4.29. The molecule has 1 amide bonds. The first-order chi connectivity index (χ1) is 10.7. The predicted octanol–water partition coefficient (Wildman–Crippen LogP) is 2.65. The molecule has 22 heavy (non-hydrogen) atoms. The van der Waals surface area contributed by atoms with Gasteiger partial charge in [0.05, 0.1) is 12.1 Å². The van der Waals surface area contributed by atoms with Crippen LogP contribution < -0.4 is 0 Å². The summed E-state index contributed by atoms with van der Waals surface area (Å²) in [6, 6.07) is 1.83. The van der Waals surface area contributed by atoms with E-state index in [4.69, 9.17) is 0 Å². The number of nitrogens with zero attached hydrogens (tertiary/aromatic N) is 4. The molecule has 2 aromatic rings. The highest BCUT2D eigenvalue weighted by Crippen LogP contribution is 2.15. The molecule has 0 bridgehead atoms. The number of hydrogen-bond donors (Lipinski definition) is 0. The lowest BCUT2D eigenvalue weighted by Crippen LogP contribution is -2.35. The zero-order valence-electron chi connectivity index (χ0n) is 12.1. The molecule has 0 radical (unpaired) electrons. The van der Waals surface area contributed by atoms with Gasteiger partial charge in [-0.25, -0.2) is 4.98 Å². The molecule has 0 N–H and O–H groups in total. The van der Waals surface area contributed by atoms with Crippen molar-refractivity contribution in [1.82, 2.24) is 19.8 Å². The van der Waals surface area contributed by atoms with Crippen LogP contribution in [-0.4, -0.2) is 51.9 Å². The third kappa shape index (κ3) is 3.91. The standard InChI is InChI=1S/C15H17BrN4OS/c16-13-8-12(9-17-10-13)15(21)20-4-1-3-19(5-6-20)11-14-18-2-7-22-14/h2,7-10H,1,3-6,11H2. The monoisotopic (exact) mass is 380 g/mol. The topological polar surface area (TPSA) is 49.3 Å². The Morgan fingerprint density at radius 2 is 2.18 bits per heavy atom. The summed E-state index contributed by atoms with van der Waals surface area (Å²) in [7, 11) is 0. The Morgan fingerprint density at radius 3 is 2.95 bits per heavy atom. The number of carbonyl (C=O) groups excluding carboxylic acids is 1. The van der Waals surface area contributed by atoms with Gasteiger partial charge in [0, 0.05) is 54.6 Å². The Kier molecular flexibility index (Phi) is 5.17. The first kappa shape index (κ1) is 15.6. The van der Waals surface area contributed by atoms with E-state index in [2.05, 4.69) is 30.8 Å². The Bertz CT molecular complexity index is 634. The van der Waals surface area contributed by atoms with E-state index in [1.54, 1.807) is 23.7 Å². The maximum Gasteiger partial charge on any atom is 0.255 e. The van der Waals surface area contributed by atoms with Gasteiger partial charge in [0.2, 0.25) is 0 Å². The van der Waals surface area contributed by atoms with E-state index in [0.717, 1.165) is 48.6 Å². The molecule has 1 saturated heterocycles. The van der Waals surface area contributed by atoms with Gasteiger partial charge in [0.25, 0.3) is 5.91 Å². The molecule has 1 fully saturated rings. The number of thiazole rings is 1. The van der Waals surface area contributed by atoms with Gasteiger partial charge < -0.3 is 4.90 Å². The molecule has 7 heteroatoms. The van der Waals surface area contributed by atoms with Crippen LogP contribution in [0.1, 0.15) is 21.8 Å². The number of hydrogen-bond acceptors (Lipinski definition) is 5. The zero-order valence-corrected chi connectivity index (χ0v) is 14.5. The molecule has 3 rings (SSSR count). The van der Waals surface area contributed by atoms with Crippen molar-refractivity contribution in [3.8, 4) is 0 Å². The van der Waals surface area contributed by atoms with Crippen molar-refractivity contribution in [1.29, 1.82) is 0 Å². The van der Waals surface area contributed by atoms with Gasteiger partial charge in [-0.05, 0) is 28.4 Å². The molecule has 0 aromatic carbocycles. The third-order valence-corrected chi connectivity index (χ3v) is 4.87. The number of amides is 1. The van der Waals surface area contributed by atoms with Crippen LogP contribution in [-0.2, 0) is 6.54 Å². The van der Waals surface area contributed by atoms with E-state index in [1.165, 1.54) is 0 Å². The lowest BCUT2D eigenvalue weighted by Gasteiger charge is -2.21. The van der Waals surface area contributed by atoms with Gasteiger partial charge in [0.1, 0.15) is 5.01 Å². The minimum Gasteiger partial charge on any atom is -0.337 e. The number of halogens is 1. The lowest BCUT2D eigenvalue weighted by molar-refractivity contribution is 0.0760. The molecule has 0 atom stereocenters. The minimum atomic E-state index is 0.0601. The van der Waals surface area contributed by atoms with Crippen LogP contribution in [0.5, 0.6) is 0 Å². The van der Waals surface area contributed by atoms with Crippen LogP contribution >= 0.6 is 27.3 Å². The van der Waals surface area contributed by atoms with E-state index in [-0.39, 0.29) is 5.91 Å². The predicted molar refractivity (Wildman–Crippen MR) is 89.8 cm³/mol. The molecule has 0 aliphatic carbocycles. The molecule has 2 aromatic heterocycles. The molecular weight excluding hydrogens is 364 g/mol. The van der Waals surface area contributed by atoms with Crippen LogP contribution in [0.2, 0.25) is 0 Å². The number of carbonyl (C=O) groups is 1. The molecular formula is C15H17BrN4OS. The van der Waals surface area contributed by atoms with E-state index < -0.39 is 0 Å². The summed E-state index contributed by atoms with van der Waals surface area (Å²) in [5, 5.41) is 3.14. The van der Waals surface area contributed by atoms with E-state index in [1.807, 2.05) is 22.5 Å². The zero-order chi connectivity index (χ0) is 15.4. The van der Waals surface area contributed by atoms with Gasteiger partial charge in [0.15, 0.2) is 0 Å². The number of pyridine rings is 1. The van der Waals surface area contributed by atoms with Gasteiger partial charge >= 0.3 is 0 Å². The maximum atomic E-state index is 12.6. The third-order valence-electron chi connectivity index (χ3n) is 3.67. The first-order valence-corrected chi connectivity index (χ1v) is 8.90. The fourth-order valence-corrected chi connectivity index (χ4v) is 3.59. The summed E-state index contributed by atoms with van der Waals surface area (Å²) in [5.41, 5.74) is 0.641. The largest absolute Gasteiger partial charge is 0.337 e. The second-order valence-corrected chi connectivity index (χ2v) is 7.13. The van der Waals surface area contributed by atoms with Crippen LogP contribution in [0.4, 0.5) is 0 Å². The number of aromatic nitrogens is 2. The quantitative estimate of drug-likeness (QED) is 0.820. The normalized spacial score (nSPS) is 16.5. The highest BCUT2D eigenvalue weighted by atomic mass is 79.9. The van der Waals surface area contributed by atoms with Gasteiger partial charge in [-0.2, -0.15) is 0 Å². The van der Waals surface area contributed by atoms with Crippen LogP contribution in [0, 0.1) is 0 Å². The van der Waals surface area contributed by atoms with Crippen molar-refractivity contribution in [3.63, 3.8) is 0 Å². The summed E-state index contributed by atoms with van der Waals surface area (Å²) in [4.78, 5) is 25.3. The molecule has 1 aliphatic heterocycles. The van der Waals surface area contributed by atoms with Gasteiger partial charge in [-0.15, -0.1) is 11.3 Å². The molecule has 3 heterocycles. The summed E-state index contributed by atoms with van der Waals surface area (Å²) >= 11 is 5.05. The SMILES string of the molecule is O=C(c1cncc(Br)c1)N1CCCN(Cc2nccs2)CC1. The fourth-order valence-electron chi connectivity index (χ4n) is 2.57. The average molecular weight is 381 g/mol. The molecule has 116 valence electrons. The smallest absolute Gasteiger partial charge is 0.255 e. The van der Waals surface area contributed by atoms with Gasteiger partial charge in [-0.1, -0.05) is 0 Å². The fraction of sp³-hybridized carbons (Fsp3) is 0.400. The Morgan fingerprint density at radius 1 is 1.27 bits per heavy atom. The second kappa shape index (κ2) is 7.30. The Labute approximate surface area is 142 Å². The van der Waals surface area contributed by atoms with Crippen molar-refractivity contribution in [2.24, 2.45) is 0 Å². The van der Waals surface area contributed by atoms with Crippen molar-refractivity contribution in [2.45, 2.75) is 13.0 Å². The molecule has 0 spiro atoms. The van der Waals surface area contributed by atoms with Crippen LogP contribution in [0.3, 0.4) is 0 Å². The van der Waals surface area contributed by atoms with Gasteiger partial charge in [-0.3, -0.25) is 14.7 Å². The van der Waals surface area contributed by atoms with E-state index >= 15 is 0 Å². The first-order valence-electron chi connectivity index (χ1n) is 7.23. The molecule has 1 aliphatic rings. The molecule has 5 nitrogen and oxygen atoms in total. The Balaban J connectivity index is 1.61. The van der Waals surface area contributed by atoms with Crippen LogP contribution in [0.25, 0.3) is 0 Å². The van der Waals surface area contributed by atoms with Crippen molar-refractivity contribution in [2.75, 3.05) is 26.2 Å². The molecule has 0 unspecified atom stereocenters. The second-order valence-electron chi connectivity index (χ2n) is 5.24. The van der Waals surface area contributed by atoms with Crippen molar-refractivity contribution in [3.05, 3.63) is 45.1 Å². The van der Waals surface area contributed by atoms with E-state index in [9.17, 15) is 4.79 Å².